The van der Waals surface area contributed by atoms with Gasteiger partial charge in [-0.2, -0.15) is 0 Å². The molecule has 0 aromatic carbocycles. The van der Waals surface area contributed by atoms with Gasteiger partial charge >= 0.3 is 7.41 Å². The number of nitro groups is 1. The van der Waals surface area contributed by atoms with Crippen molar-refractivity contribution in [3.63, 3.8) is 0 Å². The number of carbonyl (C=O) groups excluding carboxylic acids is 1. The Labute approximate surface area is 40.9 Å². The van der Waals surface area contributed by atoms with Gasteiger partial charge in [0.05, 0.1) is 0 Å². The van der Waals surface area contributed by atoms with Crippen LogP contribution in [0, 0.1) is 10.1 Å². The minimum absolute atomic E-state index is 0.417. The van der Waals surface area contributed by atoms with E-state index in [1.165, 1.54) is 0 Å². The Morgan fingerprint density at radius 2 is 2.29 bits per heavy atom. The smallest absolute Gasteiger partial charge is 0.303 e. The molecule has 0 aliphatic heterocycles. The van der Waals surface area contributed by atoms with Crippen LogP contribution in [0.15, 0.2) is 0 Å². The van der Waals surface area contributed by atoms with Gasteiger partial charge in [0.1, 0.15) is 0 Å². The van der Waals surface area contributed by atoms with Gasteiger partial charge < -0.3 is 4.79 Å². The van der Waals surface area contributed by atoms with Gasteiger partial charge in [-0.15, -0.1) is 0 Å². The van der Waals surface area contributed by atoms with Crippen LogP contribution in [0.25, 0.3) is 0 Å². The van der Waals surface area contributed by atoms with Crippen molar-refractivity contribution in [2.24, 2.45) is 0 Å². The summed E-state index contributed by atoms with van der Waals surface area (Å²) >= 11 is 0. The first kappa shape index (κ1) is 6.13. The van der Waals surface area contributed by atoms with Crippen LogP contribution in [0.2, 0.25) is 0 Å². The molecule has 0 unspecified atom stereocenters. The monoisotopic (exact) mass is 100 g/mol. The molecule has 0 rings (SSSR count). The first-order valence-corrected chi connectivity index (χ1v) is 1.62. The zero-order valence-electron chi connectivity index (χ0n) is 3.75. The standard InChI is InChI=1S/C2H3BNO3/c1-2(5)3-4(6)7/h1H3. The highest BCUT2D eigenvalue weighted by atomic mass is 16.6. The topological polar surface area (TPSA) is 60.2 Å². The van der Waals surface area contributed by atoms with Gasteiger partial charge in [0.15, 0.2) is 5.68 Å². The van der Waals surface area contributed by atoms with Gasteiger partial charge in [0.25, 0.3) is 0 Å². The number of hydrogen-bond acceptors (Lipinski definition) is 3. The molecular formula is C2H3BNO3. The lowest BCUT2D eigenvalue weighted by Gasteiger charge is -1.76. The lowest BCUT2D eigenvalue weighted by molar-refractivity contribution is -0.319. The molecule has 0 aromatic heterocycles. The van der Waals surface area contributed by atoms with E-state index in [0.717, 1.165) is 6.92 Å². The van der Waals surface area contributed by atoms with E-state index in [-0.39, 0.29) is 0 Å². The maximum Gasteiger partial charge on any atom is 0.679 e. The quantitative estimate of drug-likeness (QED) is 0.265. The summed E-state index contributed by atoms with van der Waals surface area (Å²) in [7, 11) is 0.417. The van der Waals surface area contributed by atoms with E-state index in [0.29, 0.717) is 7.41 Å². The van der Waals surface area contributed by atoms with E-state index in [4.69, 9.17) is 0 Å². The van der Waals surface area contributed by atoms with Gasteiger partial charge in [-0.1, -0.05) is 4.83 Å². The van der Waals surface area contributed by atoms with E-state index in [2.05, 4.69) is 0 Å². The lowest BCUT2D eigenvalue weighted by Crippen LogP contribution is -2.14. The second kappa shape index (κ2) is 2.33. The highest BCUT2D eigenvalue weighted by Gasteiger charge is 2.12. The van der Waals surface area contributed by atoms with Crippen molar-refractivity contribution in [3.05, 3.63) is 10.1 Å². The summed E-state index contributed by atoms with van der Waals surface area (Å²) in [6.07, 6.45) is 0. The SMILES string of the molecule is CC(=O)[B][N+](=O)[O-]. The number of carbonyl (C=O) groups is 1. The molecule has 5 heteroatoms. The Balaban J connectivity index is 3.32. The molecule has 0 aliphatic carbocycles. The fourth-order valence-corrected chi connectivity index (χ4v) is 0.148. The highest BCUT2D eigenvalue weighted by molar-refractivity contribution is 6.67. The molecule has 0 saturated carbocycles. The molecule has 0 atom stereocenters. The van der Waals surface area contributed by atoms with E-state index in [1.54, 1.807) is 0 Å². The maximum absolute atomic E-state index is 9.76. The third kappa shape index (κ3) is 5.13. The third-order valence-electron chi connectivity index (χ3n) is 0.287. The van der Waals surface area contributed by atoms with Crippen molar-refractivity contribution in [1.82, 2.24) is 0 Å². The average Bonchev–Trinajstić information content (AvgIpc) is 1.27. The van der Waals surface area contributed by atoms with Gasteiger partial charge in [0.2, 0.25) is 0 Å². The predicted octanol–water partition coefficient (Wildman–Crippen LogP) is -0.571. The predicted molar refractivity (Wildman–Crippen MR) is 23.4 cm³/mol. The fourth-order valence-electron chi connectivity index (χ4n) is 0.148. The van der Waals surface area contributed by atoms with E-state index in [9.17, 15) is 14.9 Å². The van der Waals surface area contributed by atoms with Crippen LogP contribution in [0.1, 0.15) is 6.92 Å². The molecule has 7 heavy (non-hydrogen) atoms. The van der Waals surface area contributed by atoms with Crippen molar-refractivity contribution in [2.75, 3.05) is 0 Å². The summed E-state index contributed by atoms with van der Waals surface area (Å²) in [5, 5.41) is 9.34. The number of hydrogen-bond donors (Lipinski definition) is 0. The molecule has 1 radical (unpaired) electrons. The second-order valence-electron chi connectivity index (χ2n) is 1.03. The van der Waals surface area contributed by atoms with E-state index >= 15 is 0 Å². The summed E-state index contributed by atoms with van der Waals surface area (Å²) in [5.41, 5.74) is -0.537. The summed E-state index contributed by atoms with van der Waals surface area (Å²) in [6, 6.07) is 0. The molecule has 0 spiro atoms. The molecule has 0 fully saturated rings. The van der Waals surface area contributed by atoms with Crippen molar-refractivity contribution in [2.45, 2.75) is 6.92 Å². The Bertz CT molecular complexity index is 89.1. The maximum atomic E-state index is 9.76. The zero-order chi connectivity index (χ0) is 5.86. The largest absolute Gasteiger partial charge is 0.679 e. The van der Waals surface area contributed by atoms with Crippen molar-refractivity contribution < 1.29 is 9.63 Å². The molecule has 0 aromatic rings. The highest BCUT2D eigenvalue weighted by Crippen LogP contribution is 1.64. The minimum Gasteiger partial charge on any atom is -0.303 e. The summed E-state index contributed by atoms with van der Waals surface area (Å²) < 4.78 is 0. The van der Waals surface area contributed by atoms with Crippen LogP contribution < -0.4 is 0 Å². The summed E-state index contributed by atoms with van der Waals surface area (Å²) in [4.78, 5) is 18.3. The van der Waals surface area contributed by atoms with Gasteiger partial charge in [-0.3, -0.25) is 10.1 Å². The molecule has 0 N–H and O–H groups in total. The molecule has 4 nitrogen and oxygen atoms in total. The fraction of sp³-hybridized carbons (Fsp3) is 0.500. The normalized spacial score (nSPS) is 7.57. The zero-order valence-corrected chi connectivity index (χ0v) is 3.75. The van der Waals surface area contributed by atoms with Gasteiger partial charge in [0, 0.05) is 0 Å². The van der Waals surface area contributed by atoms with Gasteiger partial charge in [-0.25, -0.2) is 0 Å². The molecule has 0 aliphatic rings. The Morgan fingerprint density at radius 1 is 1.86 bits per heavy atom. The first-order chi connectivity index (χ1) is 3.13. The van der Waals surface area contributed by atoms with Crippen LogP contribution in [-0.2, 0) is 4.79 Å². The van der Waals surface area contributed by atoms with Crippen LogP contribution in [0.5, 0.6) is 0 Å². The molecule has 0 amide bonds. The second-order valence-corrected chi connectivity index (χ2v) is 1.03. The molecular weight excluding hydrogens is 96.8 g/mol. The Morgan fingerprint density at radius 3 is 2.29 bits per heavy atom. The Hall–Kier alpha value is -0.865. The van der Waals surface area contributed by atoms with Crippen LogP contribution in [0.3, 0.4) is 0 Å². The molecule has 0 heterocycles. The summed E-state index contributed by atoms with van der Waals surface area (Å²) in [5.74, 6) is 0. The molecule has 0 bridgehead atoms. The van der Waals surface area contributed by atoms with Crippen LogP contribution in [0.4, 0.5) is 0 Å². The first-order valence-electron chi connectivity index (χ1n) is 1.62. The lowest BCUT2D eigenvalue weighted by atomic mass is 9.91. The molecule has 0 saturated heterocycles. The van der Waals surface area contributed by atoms with Crippen LogP contribution in [-0.4, -0.2) is 17.9 Å². The van der Waals surface area contributed by atoms with Gasteiger partial charge in [-0.05, 0) is 6.92 Å². The number of rotatable bonds is 2. The minimum atomic E-state index is -0.775. The van der Waals surface area contributed by atoms with Crippen LogP contribution >= 0.6 is 0 Å². The summed E-state index contributed by atoms with van der Waals surface area (Å²) in [6.45, 7) is 1.13. The van der Waals surface area contributed by atoms with E-state index in [1.807, 2.05) is 0 Å². The Kier molecular flexibility index (Phi) is 2.04. The van der Waals surface area contributed by atoms with Crippen molar-refractivity contribution >= 4 is 13.1 Å². The van der Waals surface area contributed by atoms with Crippen molar-refractivity contribution in [1.29, 1.82) is 0 Å². The molecule has 37 valence electrons. The average molecular weight is 99.9 g/mol. The van der Waals surface area contributed by atoms with Crippen molar-refractivity contribution in [3.8, 4) is 0 Å². The number of nitrogens with zero attached hydrogens (tertiary/aromatic N) is 1. The third-order valence-corrected chi connectivity index (χ3v) is 0.287. The van der Waals surface area contributed by atoms with E-state index < -0.39 is 10.5 Å².